The standard InChI is InChI=1S/C24H19NO4/c1-2-12-29-17-7-5-6-15(13-17)24(28)25-16-10-11-20-21(14-16)23(27)19-9-4-3-8-18(19)22(20)26/h3-11,13-14H,2,12H2,1H3,(H,25,28). The van der Waals surface area contributed by atoms with Gasteiger partial charge in [0.2, 0.25) is 0 Å². The van der Waals surface area contributed by atoms with Gasteiger partial charge in [-0.25, -0.2) is 0 Å². The normalized spacial score (nSPS) is 12.2. The van der Waals surface area contributed by atoms with Crippen LogP contribution in [0.2, 0.25) is 0 Å². The van der Waals surface area contributed by atoms with Gasteiger partial charge in [-0.05, 0) is 42.8 Å². The van der Waals surface area contributed by atoms with Gasteiger partial charge in [-0.2, -0.15) is 0 Å². The van der Waals surface area contributed by atoms with Crippen LogP contribution in [0.4, 0.5) is 5.69 Å². The van der Waals surface area contributed by atoms with E-state index in [9.17, 15) is 14.4 Å². The lowest BCUT2D eigenvalue weighted by molar-refractivity contribution is 0.0979. The Morgan fingerprint density at radius 2 is 1.52 bits per heavy atom. The van der Waals surface area contributed by atoms with E-state index in [1.165, 1.54) is 0 Å². The van der Waals surface area contributed by atoms with Crippen molar-refractivity contribution in [3.63, 3.8) is 0 Å². The molecule has 4 rings (SSSR count). The van der Waals surface area contributed by atoms with Crippen molar-refractivity contribution in [2.45, 2.75) is 13.3 Å². The van der Waals surface area contributed by atoms with Crippen molar-refractivity contribution < 1.29 is 19.1 Å². The molecule has 0 radical (unpaired) electrons. The molecule has 1 amide bonds. The largest absolute Gasteiger partial charge is 0.494 e. The highest BCUT2D eigenvalue weighted by Crippen LogP contribution is 2.29. The third-order valence-electron chi connectivity index (χ3n) is 4.75. The van der Waals surface area contributed by atoms with Crippen LogP contribution in [0, 0.1) is 0 Å². The molecule has 1 N–H and O–H groups in total. The Morgan fingerprint density at radius 1 is 0.828 bits per heavy atom. The number of ketones is 2. The predicted octanol–water partition coefficient (Wildman–Crippen LogP) is 4.50. The molecule has 0 aromatic heterocycles. The van der Waals surface area contributed by atoms with Crippen molar-refractivity contribution in [1.82, 2.24) is 0 Å². The van der Waals surface area contributed by atoms with Crippen LogP contribution in [0.25, 0.3) is 0 Å². The van der Waals surface area contributed by atoms with Crippen LogP contribution in [-0.2, 0) is 0 Å². The van der Waals surface area contributed by atoms with Gasteiger partial charge in [0.1, 0.15) is 5.75 Å². The van der Waals surface area contributed by atoms with Crippen LogP contribution >= 0.6 is 0 Å². The third kappa shape index (κ3) is 3.55. The van der Waals surface area contributed by atoms with Crippen LogP contribution in [-0.4, -0.2) is 24.1 Å². The molecule has 0 aliphatic heterocycles. The van der Waals surface area contributed by atoms with E-state index < -0.39 is 0 Å². The summed E-state index contributed by atoms with van der Waals surface area (Å²) in [5, 5.41) is 2.79. The maximum atomic E-state index is 12.8. The van der Waals surface area contributed by atoms with E-state index in [4.69, 9.17) is 4.74 Å². The minimum atomic E-state index is -0.318. The first-order chi connectivity index (χ1) is 14.1. The first kappa shape index (κ1) is 18.6. The van der Waals surface area contributed by atoms with Gasteiger partial charge in [0, 0.05) is 33.5 Å². The van der Waals surface area contributed by atoms with Gasteiger partial charge >= 0.3 is 0 Å². The van der Waals surface area contributed by atoms with Crippen molar-refractivity contribution in [3.05, 3.63) is 94.5 Å². The minimum Gasteiger partial charge on any atom is -0.494 e. The van der Waals surface area contributed by atoms with E-state index in [0.29, 0.717) is 45.9 Å². The number of hydrogen-bond acceptors (Lipinski definition) is 4. The Kier molecular flexibility index (Phi) is 4.96. The second kappa shape index (κ2) is 7.72. The van der Waals surface area contributed by atoms with Gasteiger partial charge in [-0.3, -0.25) is 14.4 Å². The highest BCUT2D eigenvalue weighted by atomic mass is 16.5. The number of rotatable bonds is 5. The molecule has 0 bridgehead atoms. The van der Waals surface area contributed by atoms with Gasteiger partial charge in [-0.1, -0.05) is 37.3 Å². The summed E-state index contributed by atoms with van der Waals surface area (Å²) in [4.78, 5) is 38.1. The number of anilines is 1. The number of benzene rings is 3. The number of carbonyl (C=O) groups excluding carboxylic acids is 3. The van der Waals surface area contributed by atoms with E-state index in [2.05, 4.69) is 5.32 Å². The Labute approximate surface area is 168 Å². The van der Waals surface area contributed by atoms with Gasteiger partial charge < -0.3 is 10.1 Å². The van der Waals surface area contributed by atoms with Gasteiger partial charge in [0.05, 0.1) is 6.61 Å². The summed E-state index contributed by atoms with van der Waals surface area (Å²) in [7, 11) is 0. The molecule has 0 saturated carbocycles. The first-order valence-corrected chi connectivity index (χ1v) is 9.45. The molecule has 1 aliphatic carbocycles. The second-order valence-corrected chi connectivity index (χ2v) is 6.79. The van der Waals surface area contributed by atoms with Gasteiger partial charge in [0.25, 0.3) is 5.91 Å². The Balaban J connectivity index is 1.59. The highest BCUT2D eigenvalue weighted by Gasteiger charge is 2.29. The molecule has 5 heteroatoms. The molecule has 1 aliphatic rings. The maximum Gasteiger partial charge on any atom is 0.255 e. The molecule has 0 saturated heterocycles. The van der Waals surface area contributed by atoms with Crippen LogP contribution < -0.4 is 10.1 Å². The average Bonchev–Trinajstić information content (AvgIpc) is 2.76. The zero-order valence-electron chi connectivity index (χ0n) is 15.9. The van der Waals surface area contributed by atoms with Gasteiger partial charge in [-0.15, -0.1) is 0 Å². The summed E-state index contributed by atoms with van der Waals surface area (Å²) in [6.07, 6.45) is 0.876. The fourth-order valence-corrected chi connectivity index (χ4v) is 3.33. The fraction of sp³-hybridized carbons (Fsp3) is 0.125. The first-order valence-electron chi connectivity index (χ1n) is 9.45. The van der Waals surface area contributed by atoms with E-state index in [1.807, 2.05) is 6.92 Å². The molecule has 0 spiro atoms. The zero-order chi connectivity index (χ0) is 20.4. The molecule has 144 valence electrons. The molecule has 3 aromatic carbocycles. The van der Waals surface area contributed by atoms with E-state index in [0.717, 1.165) is 6.42 Å². The number of amides is 1. The van der Waals surface area contributed by atoms with Crippen LogP contribution in [0.1, 0.15) is 55.5 Å². The number of ether oxygens (including phenoxy) is 1. The third-order valence-corrected chi connectivity index (χ3v) is 4.75. The molecule has 5 nitrogen and oxygen atoms in total. The topological polar surface area (TPSA) is 72.5 Å². The highest BCUT2D eigenvalue weighted by molar-refractivity contribution is 6.28. The maximum absolute atomic E-state index is 12.8. The van der Waals surface area contributed by atoms with Gasteiger partial charge in [0.15, 0.2) is 11.6 Å². The van der Waals surface area contributed by atoms with Crippen molar-refractivity contribution in [1.29, 1.82) is 0 Å². The Morgan fingerprint density at radius 3 is 2.24 bits per heavy atom. The lowest BCUT2D eigenvalue weighted by Crippen LogP contribution is -2.21. The molecule has 0 atom stereocenters. The number of hydrogen-bond donors (Lipinski definition) is 1. The summed E-state index contributed by atoms with van der Waals surface area (Å²) < 4.78 is 5.57. The molecule has 3 aromatic rings. The molecule has 29 heavy (non-hydrogen) atoms. The molecular weight excluding hydrogens is 366 g/mol. The van der Waals surface area contributed by atoms with Crippen molar-refractivity contribution in [2.24, 2.45) is 0 Å². The van der Waals surface area contributed by atoms with Crippen LogP contribution in [0.15, 0.2) is 66.7 Å². The number of nitrogens with one attached hydrogen (secondary N) is 1. The Bertz CT molecular complexity index is 1130. The second-order valence-electron chi connectivity index (χ2n) is 6.79. The predicted molar refractivity (Wildman–Crippen MR) is 110 cm³/mol. The minimum absolute atomic E-state index is 0.186. The lowest BCUT2D eigenvalue weighted by atomic mass is 9.84. The molecule has 0 unspecified atom stereocenters. The number of fused-ring (bicyclic) bond motifs is 2. The number of carbonyl (C=O) groups is 3. The molecule has 0 heterocycles. The Hall–Kier alpha value is -3.73. The van der Waals surface area contributed by atoms with E-state index >= 15 is 0 Å². The lowest BCUT2D eigenvalue weighted by Gasteiger charge is -2.18. The van der Waals surface area contributed by atoms with Crippen molar-refractivity contribution in [3.8, 4) is 5.75 Å². The molecule has 0 fully saturated rings. The quantitative estimate of drug-likeness (QED) is 0.549. The monoisotopic (exact) mass is 385 g/mol. The molecular formula is C24H19NO4. The summed E-state index contributed by atoms with van der Waals surface area (Å²) >= 11 is 0. The zero-order valence-corrected chi connectivity index (χ0v) is 15.9. The van der Waals surface area contributed by atoms with Crippen molar-refractivity contribution in [2.75, 3.05) is 11.9 Å². The fourth-order valence-electron chi connectivity index (χ4n) is 3.33. The smallest absolute Gasteiger partial charge is 0.255 e. The summed E-state index contributed by atoms with van der Waals surface area (Å²) in [6.45, 7) is 2.59. The SMILES string of the molecule is CCCOc1cccc(C(=O)Nc2ccc3c(c2)C(=O)c2ccccc2C3=O)c1. The summed E-state index contributed by atoms with van der Waals surface area (Å²) in [6, 6.07) is 18.5. The average molecular weight is 385 g/mol. The summed E-state index contributed by atoms with van der Waals surface area (Å²) in [5.74, 6) is -0.0979. The van der Waals surface area contributed by atoms with E-state index in [-0.39, 0.29) is 17.5 Å². The van der Waals surface area contributed by atoms with Crippen molar-refractivity contribution >= 4 is 23.2 Å². The van der Waals surface area contributed by atoms with E-state index in [1.54, 1.807) is 66.7 Å². The van der Waals surface area contributed by atoms with Crippen LogP contribution in [0.3, 0.4) is 0 Å². The van der Waals surface area contributed by atoms with Crippen LogP contribution in [0.5, 0.6) is 5.75 Å². The summed E-state index contributed by atoms with van der Waals surface area (Å²) in [5.41, 5.74) is 2.34.